The minimum absolute atomic E-state index is 0.421. The molecule has 106 valence electrons. The molecule has 4 nitrogen and oxygen atoms in total. The zero-order valence-corrected chi connectivity index (χ0v) is 11.9. The lowest BCUT2D eigenvalue weighted by Crippen LogP contribution is -2.28. The number of nitrogens with zero attached hydrogens (tertiary/aromatic N) is 2. The molecule has 1 N–H and O–H groups in total. The van der Waals surface area contributed by atoms with Crippen LogP contribution in [0.25, 0.3) is 11.0 Å². The maximum absolute atomic E-state index is 5.71. The molecular weight excluding hydrogens is 250 g/mol. The molecule has 2 unspecified atom stereocenters. The van der Waals surface area contributed by atoms with Crippen molar-refractivity contribution in [2.45, 2.75) is 32.4 Å². The lowest BCUT2D eigenvalue weighted by atomic mass is 10.00. The molecule has 0 aliphatic carbocycles. The summed E-state index contributed by atoms with van der Waals surface area (Å²) in [7, 11) is 0. The highest BCUT2D eigenvalue weighted by Crippen LogP contribution is 2.22. The van der Waals surface area contributed by atoms with Crippen molar-refractivity contribution >= 4 is 11.0 Å². The van der Waals surface area contributed by atoms with Crippen LogP contribution in [-0.2, 0) is 11.3 Å². The molecule has 20 heavy (non-hydrogen) atoms. The maximum Gasteiger partial charge on any atom is 0.0890 e. The highest BCUT2D eigenvalue weighted by molar-refractivity contribution is 5.73. The lowest BCUT2D eigenvalue weighted by Gasteiger charge is -2.17. The van der Waals surface area contributed by atoms with E-state index in [0.29, 0.717) is 12.0 Å². The van der Waals surface area contributed by atoms with Gasteiger partial charge in [0.25, 0.3) is 0 Å². The summed E-state index contributed by atoms with van der Waals surface area (Å²) in [6.07, 6.45) is 4.54. The monoisotopic (exact) mass is 271 g/mol. The Kier molecular flexibility index (Phi) is 4.23. The van der Waals surface area contributed by atoms with Crippen LogP contribution in [0.4, 0.5) is 0 Å². The second-order valence-corrected chi connectivity index (χ2v) is 5.35. The Morgan fingerprint density at radius 1 is 1.30 bits per heavy atom. The molecule has 2 aromatic rings. The molecule has 1 aliphatic rings. The third kappa shape index (κ3) is 2.97. The molecule has 1 saturated heterocycles. The summed E-state index contributed by atoms with van der Waals surface area (Å²) in [5, 5.41) is 3.49. The highest BCUT2D eigenvalue weighted by atomic mass is 16.5. The normalized spacial score (nSPS) is 22.4. The van der Waals surface area contributed by atoms with Crippen LogP contribution < -0.4 is 5.32 Å². The van der Waals surface area contributed by atoms with E-state index in [0.717, 1.165) is 49.3 Å². The van der Waals surface area contributed by atoms with Crippen molar-refractivity contribution in [1.82, 2.24) is 15.3 Å². The van der Waals surface area contributed by atoms with E-state index in [1.807, 2.05) is 30.5 Å². The molecule has 1 aromatic heterocycles. The summed E-state index contributed by atoms with van der Waals surface area (Å²) in [5.74, 6) is 0.633. The Labute approximate surface area is 119 Å². The molecule has 0 bridgehead atoms. The minimum Gasteiger partial charge on any atom is -0.378 e. The van der Waals surface area contributed by atoms with Crippen LogP contribution in [0.5, 0.6) is 0 Å². The van der Waals surface area contributed by atoms with Crippen molar-refractivity contribution < 1.29 is 4.74 Å². The van der Waals surface area contributed by atoms with Crippen LogP contribution >= 0.6 is 0 Å². The average molecular weight is 271 g/mol. The molecule has 1 aliphatic heterocycles. The van der Waals surface area contributed by atoms with Gasteiger partial charge in [0, 0.05) is 19.7 Å². The molecule has 1 aromatic carbocycles. The van der Waals surface area contributed by atoms with E-state index in [-0.39, 0.29) is 0 Å². The molecule has 0 radical (unpaired) electrons. The van der Waals surface area contributed by atoms with Crippen LogP contribution in [0.15, 0.2) is 30.5 Å². The zero-order valence-electron chi connectivity index (χ0n) is 11.9. The fraction of sp³-hybridized carbons (Fsp3) is 0.500. The smallest absolute Gasteiger partial charge is 0.0890 e. The zero-order chi connectivity index (χ0) is 13.8. The van der Waals surface area contributed by atoms with E-state index >= 15 is 0 Å². The van der Waals surface area contributed by atoms with Crippen LogP contribution in [0.3, 0.4) is 0 Å². The third-order valence-corrected chi connectivity index (χ3v) is 3.96. The van der Waals surface area contributed by atoms with Gasteiger partial charge in [-0.05, 0) is 30.9 Å². The third-order valence-electron chi connectivity index (χ3n) is 3.96. The minimum atomic E-state index is 0.421. The molecule has 0 saturated carbocycles. The van der Waals surface area contributed by atoms with Crippen LogP contribution in [-0.4, -0.2) is 29.2 Å². The highest BCUT2D eigenvalue weighted by Gasteiger charge is 2.25. The Hall–Kier alpha value is -1.52. The lowest BCUT2D eigenvalue weighted by molar-refractivity contribution is 0.0872. The number of rotatable bonds is 5. The van der Waals surface area contributed by atoms with E-state index in [1.54, 1.807) is 0 Å². The Morgan fingerprint density at radius 3 is 3.00 bits per heavy atom. The van der Waals surface area contributed by atoms with Crippen molar-refractivity contribution in [2.24, 2.45) is 5.92 Å². The number of hydrogen-bond donors (Lipinski definition) is 1. The van der Waals surface area contributed by atoms with Gasteiger partial charge in [-0.15, -0.1) is 0 Å². The van der Waals surface area contributed by atoms with Gasteiger partial charge in [-0.1, -0.05) is 19.1 Å². The van der Waals surface area contributed by atoms with Crippen molar-refractivity contribution in [3.05, 3.63) is 36.2 Å². The van der Waals surface area contributed by atoms with Crippen molar-refractivity contribution in [3.8, 4) is 0 Å². The first kappa shape index (κ1) is 13.5. The first-order chi connectivity index (χ1) is 9.86. The van der Waals surface area contributed by atoms with Crippen LogP contribution in [0.1, 0.15) is 25.5 Å². The quantitative estimate of drug-likeness (QED) is 0.908. The number of aromatic nitrogens is 2. The fourth-order valence-electron chi connectivity index (χ4n) is 2.84. The summed E-state index contributed by atoms with van der Waals surface area (Å²) in [4.78, 5) is 9.06. The average Bonchev–Trinajstić information content (AvgIpc) is 2.95. The first-order valence-electron chi connectivity index (χ1n) is 7.40. The van der Waals surface area contributed by atoms with Crippen LogP contribution in [0.2, 0.25) is 0 Å². The van der Waals surface area contributed by atoms with Gasteiger partial charge in [-0.2, -0.15) is 0 Å². The van der Waals surface area contributed by atoms with Gasteiger partial charge in [-0.3, -0.25) is 4.98 Å². The van der Waals surface area contributed by atoms with Crippen molar-refractivity contribution in [1.29, 1.82) is 0 Å². The van der Waals surface area contributed by atoms with E-state index in [2.05, 4.69) is 22.2 Å². The second-order valence-electron chi connectivity index (χ2n) is 5.35. The number of para-hydroxylation sites is 2. The molecule has 4 heteroatoms. The summed E-state index contributed by atoms with van der Waals surface area (Å²) in [6.45, 7) is 4.86. The predicted molar refractivity (Wildman–Crippen MR) is 79.4 cm³/mol. The Morgan fingerprint density at radius 2 is 2.15 bits per heavy atom. The Bertz CT molecular complexity index is 572. The molecule has 2 heterocycles. The van der Waals surface area contributed by atoms with Gasteiger partial charge < -0.3 is 10.1 Å². The summed E-state index contributed by atoms with van der Waals surface area (Å²) in [5.41, 5.74) is 2.91. The van der Waals surface area contributed by atoms with E-state index in [1.165, 1.54) is 0 Å². The number of hydrogen-bond acceptors (Lipinski definition) is 4. The SMILES string of the molecule is CCC1OCCC1CNCc1cnc2ccccc2n1. The standard InChI is InChI=1S/C16H21N3O/c1-2-16-12(7-8-20-16)9-17-10-13-11-18-14-5-3-4-6-15(14)19-13/h3-6,11-12,16-17H,2,7-10H2,1H3. The summed E-state index contributed by atoms with van der Waals surface area (Å²) < 4.78 is 5.71. The summed E-state index contributed by atoms with van der Waals surface area (Å²) in [6, 6.07) is 7.97. The van der Waals surface area contributed by atoms with Gasteiger partial charge in [0.1, 0.15) is 0 Å². The number of benzene rings is 1. The van der Waals surface area contributed by atoms with Gasteiger partial charge >= 0.3 is 0 Å². The van der Waals surface area contributed by atoms with Gasteiger partial charge in [0.2, 0.25) is 0 Å². The maximum atomic E-state index is 5.71. The molecule has 1 fully saturated rings. The Balaban J connectivity index is 1.57. The van der Waals surface area contributed by atoms with Gasteiger partial charge in [0.15, 0.2) is 0 Å². The molecular formula is C16H21N3O. The van der Waals surface area contributed by atoms with E-state index < -0.39 is 0 Å². The number of ether oxygens (including phenoxy) is 1. The van der Waals surface area contributed by atoms with Gasteiger partial charge in [0.05, 0.1) is 29.0 Å². The van der Waals surface area contributed by atoms with Crippen molar-refractivity contribution in [2.75, 3.05) is 13.2 Å². The molecule has 0 amide bonds. The number of fused-ring (bicyclic) bond motifs is 1. The molecule has 3 rings (SSSR count). The largest absolute Gasteiger partial charge is 0.378 e. The molecule has 2 atom stereocenters. The fourth-order valence-corrected chi connectivity index (χ4v) is 2.84. The van der Waals surface area contributed by atoms with Crippen LogP contribution in [0, 0.1) is 5.92 Å². The topological polar surface area (TPSA) is 47.0 Å². The molecule has 0 spiro atoms. The predicted octanol–water partition coefficient (Wildman–Crippen LogP) is 2.53. The van der Waals surface area contributed by atoms with Gasteiger partial charge in [-0.25, -0.2) is 4.98 Å². The second kappa shape index (κ2) is 6.29. The van der Waals surface area contributed by atoms with E-state index in [9.17, 15) is 0 Å². The first-order valence-corrected chi connectivity index (χ1v) is 7.40. The number of nitrogens with one attached hydrogen (secondary N) is 1. The van der Waals surface area contributed by atoms with E-state index in [4.69, 9.17) is 4.74 Å². The van der Waals surface area contributed by atoms with Crippen molar-refractivity contribution in [3.63, 3.8) is 0 Å². The summed E-state index contributed by atoms with van der Waals surface area (Å²) >= 11 is 0.